The zero-order valence-corrected chi connectivity index (χ0v) is 6.21. The molecule has 0 saturated carbocycles. The fourth-order valence-corrected chi connectivity index (χ4v) is 0.177. The van der Waals surface area contributed by atoms with E-state index >= 15 is 0 Å². The molecule has 0 aliphatic heterocycles. The van der Waals surface area contributed by atoms with Gasteiger partial charge in [0.05, 0.1) is 0 Å². The van der Waals surface area contributed by atoms with Crippen LogP contribution in [0.4, 0.5) is 0 Å². The smallest absolute Gasteiger partial charge is 0.0449 e. The highest BCUT2D eigenvalue weighted by Gasteiger charge is 1.60. The lowest BCUT2D eigenvalue weighted by Gasteiger charge is -1.88. The summed E-state index contributed by atoms with van der Waals surface area (Å²) in [6, 6.07) is 0. The molecule has 3 heteroatoms. The Morgan fingerprint density at radius 1 is 0.875 bits per heavy atom. The summed E-state index contributed by atoms with van der Waals surface area (Å²) in [5, 5.41) is 8.56. The molecule has 0 fully saturated rings. The van der Waals surface area contributed by atoms with Gasteiger partial charge in [-0.05, 0) is 28.2 Å². The predicted molar refractivity (Wildman–Crippen MR) is 38.0 cm³/mol. The summed E-state index contributed by atoms with van der Waals surface area (Å²) in [6.07, 6.45) is 0. The minimum atomic E-state index is 0.889. The molecule has 8 heavy (non-hydrogen) atoms. The molecule has 0 atom stereocenters. The van der Waals surface area contributed by atoms with Crippen molar-refractivity contribution in [1.82, 2.24) is 16.0 Å². The minimum absolute atomic E-state index is 0.889. The number of hydrogen-bond acceptors (Lipinski definition) is 3. The van der Waals surface area contributed by atoms with Crippen molar-refractivity contribution in [1.29, 1.82) is 0 Å². The summed E-state index contributed by atoms with van der Waals surface area (Å²) in [6.45, 7) is 0.889. The maximum Gasteiger partial charge on any atom is 0.0449 e. The second kappa shape index (κ2) is 15.8. The van der Waals surface area contributed by atoms with Crippen molar-refractivity contribution < 1.29 is 0 Å². The molecular formula is C5H17N3. The van der Waals surface area contributed by atoms with Crippen molar-refractivity contribution in [3.63, 3.8) is 0 Å². The lowest BCUT2D eigenvalue weighted by Crippen LogP contribution is -2.21. The van der Waals surface area contributed by atoms with Gasteiger partial charge in [0.15, 0.2) is 0 Å². The number of hydrogen-bond donors (Lipinski definition) is 3. The van der Waals surface area contributed by atoms with Gasteiger partial charge in [0.25, 0.3) is 0 Å². The van der Waals surface area contributed by atoms with Crippen LogP contribution in [-0.2, 0) is 0 Å². The van der Waals surface area contributed by atoms with Crippen LogP contribution in [0, 0.1) is 0 Å². The molecule has 0 rings (SSSR count). The van der Waals surface area contributed by atoms with E-state index in [1.807, 2.05) is 28.2 Å². The highest BCUT2D eigenvalue weighted by Crippen LogP contribution is 1.30. The van der Waals surface area contributed by atoms with Gasteiger partial charge in [-0.2, -0.15) is 0 Å². The molecule has 0 amide bonds. The van der Waals surface area contributed by atoms with Crippen LogP contribution in [0.5, 0.6) is 0 Å². The van der Waals surface area contributed by atoms with E-state index in [4.69, 9.17) is 0 Å². The Hall–Kier alpha value is -0.120. The van der Waals surface area contributed by atoms with Crippen LogP contribution in [-0.4, -0.2) is 34.9 Å². The van der Waals surface area contributed by atoms with E-state index in [1.165, 1.54) is 0 Å². The fraction of sp³-hybridized carbons (Fsp3) is 1.00. The summed E-state index contributed by atoms with van der Waals surface area (Å²) in [7, 11) is 7.55. The highest BCUT2D eigenvalue weighted by atomic mass is 15.0. The summed E-state index contributed by atoms with van der Waals surface area (Å²) < 4.78 is 0. The molecule has 0 aliphatic carbocycles. The Balaban J connectivity index is 0. The third-order valence-corrected chi connectivity index (χ3v) is 0.354. The Morgan fingerprint density at radius 2 is 1.12 bits per heavy atom. The van der Waals surface area contributed by atoms with Gasteiger partial charge in [-0.25, -0.2) is 0 Å². The SMILES string of the molecule is CNC.CNCNC. The molecule has 0 radical (unpaired) electrons. The highest BCUT2D eigenvalue weighted by molar-refractivity contribution is 4.22. The van der Waals surface area contributed by atoms with E-state index < -0.39 is 0 Å². The van der Waals surface area contributed by atoms with Gasteiger partial charge in [0.1, 0.15) is 0 Å². The molecule has 52 valence electrons. The predicted octanol–water partition coefficient (Wildman–Crippen LogP) is -0.782. The van der Waals surface area contributed by atoms with Crippen LogP contribution in [0.1, 0.15) is 0 Å². The van der Waals surface area contributed by atoms with Gasteiger partial charge in [-0.15, -0.1) is 0 Å². The summed E-state index contributed by atoms with van der Waals surface area (Å²) in [5.41, 5.74) is 0. The summed E-state index contributed by atoms with van der Waals surface area (Å²) >= 11 is 0. The van der Waals surface area contributed by atoms with Crippen molar-refractivity contribution in [2.75, 3.05) is 34.9 Å². The third kappa shape index (κ3) is 39.6. The van der Waals surface area contributed by atoms with Crippen LogP contribution >= 0.6 is 0 Å². The van der Waals surface area contributed by atoms with Crippen molar-refractivity contribution in [3.8, 4) is 0 Å². The molecule has 0 saturated heterocycles. The Kier molecular flexibility index (Phi) is 21.3. The second-order valence-electron chi connectivity index (χ2n) is 1.38. The van der Waals surface area contributed by atoms with E-state index in [2.05, 4.69) is 16.0 Å². The van der Waals surface area contributed by atoms with Gasteiger partial charge in [0.2, 0.25) is 0 Å². The molecular weight excluding hydrogens is 102 g/mol. The molecule has 3 nitrogen and oxygen atoms in total. The topological polar surface area (TPSA) is 36.1 Å². The van der Waals surface area contributed by atoms with Crippen LogP contribution in [0.15, 0.2) is 0 Å². The molecule has 0 heterocycles. The van der Waals surface area contributed by atoms with E-state index in [0.29, 0.717) is 0 Å². The quantitative estimate of drug-likeness (QED) is 0.417. The monoisotopic (exact) mass is 119 g/mol. The first-order chi connectivity index (χ1) is 3.83. The van der Waals surface area contributed by atoms with Crippen LogP contribution in [0.2, 0.25) is 0 Å². The van der Waals surface area contributed by atoms with Crippen molar-refractivity contribution >= 4 is 0 Å². The van der Waals surface area contributed by atoms with E-state index in [-0.39, 0.29) is 0 Å². The molecule has 0 aromatic rings. The normalized spacial score (nSPS) is 7.50. The Bertz CT molecular complexity index is 21.6. The molecule has 0 aliphatic rings. The average molecular weight is 119 g/mol. The number of rotatable bonds is 2. The van der Waals surface area contributed by atoms with Crippen LogP contribution in [0.25, 0.3) is 0 Å². The first-order valence-electron chi connectivity index (χ1n) is 2.71. The van der Waals surface area contributed by atoms with Gasteiger partial charge in [0, 0.05) is 6.67 Å². The zero-order valence-electron chi connectivity index (χ0n) is 6.21. The summed E-state index contributed by atoms with van der Waals surface area (Å²) in [5.74, 6) is 0. The second-order valence-corrected chi connectivity index (χ2v) is 1.38. The van der Waals surface area contributed by atoms with E-state index in [1.54, 1.807) is 0 Å². The van der Waals surface area contributed by atoms with Gasteiger partial charge in [-0.1, -0.05) is 0 Å². The Morgan fingerprint density at radius 3 is 1.12 bits per heavy atom. The van der Waals surface area contributed by atoms with Gasteiger partial charge >= 0.3 is 0 Å². The Labute approximate surface area is 51.9 Å². The van der Waals surface area contributed by atoms with E-state index in [0.717, 1.165) is 6.67 Å². The van der Waals surface area contributed by atoms with Crippen molar-refractivity contribution in [2.24, 2.45) is 0 Å². The van der Waals surface area contributed by atoms with Gasteiger partial charge in [-0.3, -0.25) is 0 Å². The molecule has 0 bridgehead atoms. The van der Waals surface area contributed by atoms with Crippen molar-refractivity contribution in [2.45, 2.75) is 0 Å². The number of nitrogens with one attached hydrogen (secondary N) is 3. The zero-order chi connectivity index (χ0) is 6.83. The lowest BCUT2D eigenvalue weighted by atomic mass is 11.0. The minimum Gasteiger partial charge on any atom is -0.323 e. The molecule has 0 spiro atoms. The van der Waals surface area contributed by atoms with Crippen molar-refractivity contribution in [3.05, 3.63) is 0 Å². The standard InChI is InChI=1S/C3H10N2.C2H7N/c1-4-3-5-2;1-3-2/h4-5H,3H2,1-2H3;3H,1-2H3. The maximum absolute atomic E-state index is 2.91. The molecule has 3 N–H and O–H groups in total. The molecule has 0 unspecified atom stereocenters. The van der Waals surface area contributed by atoms with Crippen LogP contribution < -0.4 is 16.0 Å². The van der Waals surface area contributed by atoms with Crippen LogP contribution in [0.3, 0.4) is 0 Å². The first-order valence-corrected chi connectivity index (χ1v) is 2.71. The lowest BCUT2D eigenvalue weighted by molar-refractivity contribution is 0.708. The fourth-order valence-electron chi connectivity index (χ4n) is 0.177. The van der Waals surface area contributed by atoms with E-state index in [9.17, 15) is 0 Å². The largest absolute Gasteiger partial charge is 0.323 e. The molecule has 0 aromatic carbocycles. The molecule has 0 aromatic heterocycles. The average Bonchev–Trinajstić information content (AvgIpc) is 1.71. The van der Waals surface area contributed by atoms with Gasteiger partial charge < -0.3 is 16.0 Å². The maximum atomic E-state index is 2.91. The summed E-state index contributed by atoms with van der Waals surface area (Å²) in [4.78, 5) is 0. The third-order valence-electron chi connectivity index (χ3n) is 0.354. The first kappa shape index (κ1) is 10.8.